The molecule has 0 bridgehead atoms. The lowest BCUT2D eigenvalue weighted by Crippen LogP contribution is -2.44. The molecule has 4 heteroatoms. The Balaban J connectivity index is 1.74. The van der Waals surface area contributed by atoms with Crippen molar-refractivity contribution in [2.24, 2.45) is 5.73 Å². The largest absolute Gasteiger partial charge is 0.335 e. The lowest BCUT2D eigenvalue weighted by molar-refractivity contribution is 0.228. The summed E-state index contributed by atoms with van der Waals surface area (Å²) in [5.74, 6) is 0. The fourth-order valence-corrected chi connectivity index (χ4v) is 1.76. The van der Waals surface area contributed by atoms with Gasteiger partial charge >= 0.3 is 6.03 Å². The van der Waals surface area contributed by atoms with Crippen molar-refractivity contribution in [1.29, 1.82) is 0 Å². The van der Waals surface area contributed by atoms with Gasteiger partial charge < -0.3 is 16.4 Å². The van der Waals surface area contributed by atoms with Crippen molar-refractivity contribution in [2.45, 2.75) is 38.4 Å². The Bertz CT molecular complexity index is 371. The third-order valence-electron chi connectivity index (χ3n) is 3.15. The van der Waals surface area contributed by atoms with Crippen molar-refractivity contribution in [1.82, 2.24) is 10.6 Å². The number of nitrogens with one attached hydrogen (secondary N) is 2. The van der Waals surface area contributed by atoms with E-state index in [1.165, 1.54) is 6.42 Å². The smallest absolute Gasteiger partial charge is 0.315 e. The average molecular weight is 233 g/mol. The van der Waals surface area contributed by atoms with Crippen LogP contribution < -0.4 is 16.4 Å². The van der Waals surface area contributed by atoms with Crippen LogP contribution in [0.4, 0.5) is 4.79 Å². The zero-order chi connectivity index (χ0) is 12.1. The number of carbonyl (C=O) groups excluding carboxylic acids is 1. The minimum Gasteiger partial charge on any atom is -0.335 e. The Hall–Kier alpha value is -1.55. The van der Waals surface area contributed by atoms with Gasteiger partial charge in [0.1, 0.15) is 0 Å². The predicted octanol–water partition coefficient (Wildman–Crippen LogP) is 1.50. The van der Waals surface area contributed by atoms with Gasteiger partial charge in [0, 0.05) is 19.1 Å². The molecule has 0 unspecified atom stereocenters. The molecule has 1 saturated carbocycles. The summed E-state index contributed by atoms with van der Waals surface area (Å²) in [5, 5.41) is 5.79. The van der Waals surface area contributed by atoms with Crippen LogP contribution in [0.15, 0.2) is 24.3 Å². The van der Waals surface area contributed by atoms with Crippen LogP contribution in [0.1, 0.15) is 30.4 Å². The third kappa shape index (κ3) is 3.46. The van der Waals surface area contributed by atoms with Crippen molar-refractivity contribution in [2.75, 3.05) is 0 Å². The second kappa shape index (κ2) is 5.68. The van der Waals surface area contributed by atoms with Crippen LogP contribution in [0.5, 0.6) is 0 Å². The Morgan fingerprint density at radius 3 is 2.41 bits per heavy atom. The van der Waals surface area contributed by atoms with Crippen molar-refractivity contribution >= 4 is 6.03 Å². The number of nitrogens with two attached hydrogens (primary N) is 1. The zero-order valence-corrected chi connectivity index (χ0v) is 9.91. The summed E-state index contributed by atoms with van der Waals surface area (Å²) in [6, 6.07) is 8.27. The second-order valence-electron chi connectivity index (χ2n) is 4.48. The summed E-state index contributed by atoms with van der Waals surface area (Å²) < 4.78 is 0. The SMILES string of the molecule is NCc1ccc(CNC(=O)NC2CCC2)cc1. The summed E-state index contributed by atoms with van der Waals surface area (Å²) in [5.41, 5.74) is 7.71. The highest BCUT2D eigenvalue weighted by atomic mass is 16.2. The Morgan fingerprint density at radius 2 is 1.88 bits per heavy atom. The van der Waals surface area contributed by atoms with Gasteiger partial charge in [0.25, 0.3) is 0 Å². The Kier molecular flexibility index (Phi) is 3.98. The maximum Gasteiger partial charge on any atom is 0.315 e. The van der Waals surface area contributed by atoms with Gasteiger partial charge in [0.15, 0.2) is 0 Å². The van der Waals surface area contributed by atoms with Crippen molar-refractivity contribution < 1.29 is 4.79 Å². The summed E-state index contributed by atoms with van der Waals surface area (Å²) in [4.78, 5) is 11.5. The molecule has 0 radical (unpaired) electrons. The van der Waals surface area contributed by atoms with E-state index in [1.807, 2.05) is 24.3 Å². The zero-order valence-electron chi connectivity index (χ0n) is 9.91. The molecule has 0 aliphatic heterocycles. The first-order chi connectivity index (χ1) is 8.28. The Labute approximate surface area is 102 Å². The van der Waals surface area contributed by atoms with E-state index in [4.69, 9.17) is 5.73 Å². The van der Waals surface area contributed by atoms with E-state index in [1.54, 1.807) is 0 Å². The molecule has 2 rings (SSSR count). The fraction of sp³-hybridized carbons (Fsp3) is 0.462. The number of hydrogen-bond donors (Lipinski definition) is 3. The molecular formula is C13H19N3O. The molecule has 0 saturated heterocycles. The normalized spacial score (nSPS) is 15.1. The molecule has 1 aliphatic carbocycles. The number of rotatable bonds is 4. The first-order valence-corrected chi connectivity index (χ1v) is 6.10. The number of hydrogen-bond acceptors (Lipinski definition) is 2. The van der Waals surface area contributed by atoms with Crippen molar-refractivity contribution in [3.63, 3.8) is 0 Å². The lowest BCUT2D eigenvalue weighted by Gasteiger charge is -2.26. The van der Waals surface area contributed by atoms with Crippen LogP contribution in [0.25, 0.3) is 0 Å². The summed E-state index contributed by atoms with van der Waals surface area (Å²) in [7, 11) is 0. The van der Waals surface area contributed by atoms with Crippen LogP contribution in [0, 0.1) is 0 Å². The van der Waals surface area contributed by atoms with Crippen LogP contribution in [0.3, 0.4) is 0 Å². The highest BCUT2D eigenvalue weighted by Crippen LogP contribution is 2.17. The summed E-state index contributed by atoms with van der Waals surface area (Å²) >= 11 is 0. The van der Waals surface area contributed by atoms with E-state index >= 15 is 0 Å². The highest BCUT2D eigenvalue weighted by Gasteiger charge is 2.18. The lowest BCUT2D eigenvalue weighted by atomic mass is 9.93. The highest BCUT2D eigenvalue weighted by molar-refractivity contribution is 5.74. The average Bonchev–Trinajstić information content (AvgIpc) is 2.32. The van der Waals surface area contributed by atoms with E-state index in [0.717, 1.165) is 24.0 Å². The molecule has 1 aromatic carbocycles. The summed E-state index contributed by atoms with van der Waals surface area (Å²) in [6.45, 7) is 1.11. The minimum atomic E-state index is -0.0717. The molecule has 0 atom stereocenters. The molecule has 1 aliphatic rings. The molecule has 17 heavy (non-hydrogen) atoms. The van der Waals surface area contributed by atoms with E-state index in [0.29, 0.717) is 19.1 Å². The van der Waals surface area contributed by atoms with E-state index < -0.39 is 0 Å². The molecule has 4 N–H and O–H groups in total. The fourth-order valence-electron chi connectivity index (χ4n) is 1.76. The number of benzene rings is 1. The van der Waals surface area contributed by atoms with Crippen LogP contribution in [-0.4, -0.2) is 12.1 Å². The van der Waals surface area contributed by atoms with E-state index in [-0.39, 0.29) is 6.03 Å². The van der Waals surface area contributed by atoms with Gasteiger partial charge in [-0.1, -0.05) is 24.3 Å². The molecular weight excluding hydrogens is 214 g/mol. The van der Waals surface area contributed by atoms with Crippen LogP contribution in [-0.2, 0) is 13.1 Å². The maximum absolute atomic E-state index is 11.5. The summed E-state index contributed by atoms with van der Waals surface area (Å²) in [6.07, 6.45) is 3.45. The van der Waals surface area contributed by atoms with Gasteiger partial charge in [0.2, 0.25) is 0 Å². The molecule has 4 nitrogen and oxygen atoms in total. The topological polar surface area (TPSA) is 67.1 Å². The molecule has 92 valence electrons. The van der Waals surface area contributed by atoms with Crippen LogP contribution >= 0.6 is 0 Å². The van der Waals surface area contributed by atoms with Gasteiger partial charge in [-0.25, -0.2) is 4.79 Å². The molecule has 0 aromatic heterocycles. The van der Waals surface area contributed by atoms with E-state index in [2.05, 4.69) is 10.6 Å². The third-order valence-corrected chi connectivity index (χ3v) is 3.15. The number of carbonyl (C=O) groups is 1. The van der Waals surface area contributed by atoms with E-state index in [9.17, 15) is 4.79 Å². The van der Waals surface area contributed by atoms with Gasteiger partial charge in [-0.05, 0) is 30.4 Å². The minimum absolute atomic E-state index is 0.0717. The van der Waals surface area contributed by atoms with Gasteiger partial charge in [0.05, 0.1) is 0 Å². The van der Waals surface area contributed by atoms with Crippen LogP contribution in [0.2, 0.25) is 0 Å². The second-order valence-corrected chi connectivity index (χ2v) is 4.48. The Morgan fingerprint density at radius 1 is 1.24 bits per heavy atom. The molecule has 1 fully saturated rings. The maximum atomic E-state index is 11.5. The van der Waals surface area contributed by atoms with Gasteiger partial charge in [-0.2, -0.15) is 0 Å². The monoisotopic (exact) mass is 233 g/mol. The molecule has 1 aromatic rings. The molecule has 0 spiro atoms. The predicted molar refractivity (Wildman–Crippen MR) is 67.3 cm³/mol. The van der Waals surface area contributed by atoms with Crippen molar-refractivity contribution in [3.8, 4) is 0 Å². The molecule has 0 heterocycles. The van der Waals surface area contributed by atoms with Gasteiger partial charge in [-0.15, -0.1) is 0 Å². The first-order valence-electron chi connectivity index (χ1n) is 6.10. The number of urea groups is 1. The number of amides is 2. The first kappa shape index (κ1) is 11.9. The standard InChI is InChI=1S/C13H19N3O/c14-8-10-4-6-11(7-5-10)9-15-13(17)16-12-2-1-3-12/h4-7,12H,1-3,8-9,14H2,(H2,15,16,17). The van der Waals surface area contributed by atoms with Gasteiger partial charge in [-0.3, -0.25) is 0 Å². The molecule has 2 amide bonds. The van der Waals surface area contributed by atoms with Crippen molar-refractivity contribution in [3.05, 3.63) is 35.4 Å². The quantitative estimate of drug-likeness (QED) is 0.737.